The molecule has 0 saturated carbocycles. The van der Waals surface area contributed by atoms with Gasteiger partial charge in [0.05, 0.1) is 0 Å². The first-order valence-electron chi connectivity index (χ1n) is 2.07. The number of aromatic nitrogens is 2. The molecule has 1 rings (SSSR count). The van der Waals surface area contributed by atoms with E-state index in [9.17, 15) is 0 Å². The van der Waals surface area contributed by atoms with E-state index in [1.165, 1.54) is 4.09 Å². The van der Waals surface area contributed by atoms with E-state index in [0.29, 0.717) is 4.64 Å². The SMILES string of the molecule is S=c1ccc[n+]([S-])[nH]1. The van der Waals surface area contributed by atoms with Gasteiger partial charge in [0.15, 0.2) is 10.8 Å². The predicted molar refractivity (Wildman–Crippen MR) is 34.6 cm³/mol. The summed E-state index contributed by atoms with van der Waals surface area (Å²) in [5.41, 5.74) is 0. The molecule has 0 radical (unpaired) electrons. The number of nitrogens with one attached hydrogen (secondary N) is 1. The standard InChI is InChI=1S/C4H4N2S2/c7-4-2-1-3-6(8)5-4/h1-3H,(H,5,7). The van der Waals surface area contributed by atoms with Crippen LogP contribution in [-0.4, -0.2) is 5.10 Å². The van der Waals surface area contributed by atoms with Crippen LogP contribution in [0.4, 0.5) is 0 Å². The number of aromatic amines is 1. The zero-order valence-corrected chi connectivity index (χ0v) is 5.63. The molecule has 0 saturated heterocycles. The van der Waals surface area contributed by atoms with E-state index in [0.717, 1.165) is 0 Å². The highest BCUT2D eigenvalue weighted by molar-refractivity contribution is 7.71. The average molecular weight is 144 g/mol. The Bertz CT molecular complexity index is 229. The zero-order chi connectivity index (χ0) is 5.98. The monoisotopic (exact) mass is 144 g/mol. The van der Waals surface area contributed by atoms with Gasteiger partial charge in [-0.25, -0.2) is 4.09 Å². The normalized spacial score (nSPS) is 9.00. The largest absolute Gasteiger partial charge is 0.396 e. The van der Waals surface area contributed by atoms with Gasteiger partial charge in [0.25, 0.3) is 0 Å². The van der Waals surface area contributed by atoms with Gasteiger partial charge in [0.1, 0.15) is 0 Å². The molecule has 0 fully saturated rings. The number of H-pyrrole nitrogens is 1. The first-order chi connectivity index (χ1) is 3.79. The molecule has 4 heteroatoms. The third-order valence-corrected chi connectivity index (χ3v) is 1.13. The van der Waals surface area contributed by atoms with Crippen LogP contribution < -0.4 is 4.09 Å². The summed E-state index contributed by atoms with van der Waals surface area (Å²) in [6.07, 6.45) is 1.71. The van der Waals surface area contributed by atoms with E-state index >= 15 is 0 Å². The van der Waals surface area contributed by atoms with Gasteiger partial charge in [0, 0.05) is 6.07 Å². The van der Waals surface area contributed by atoms with Gasteiger partial charge in [-0.05, 0) is 6.07 Å². The summed E-state index contributed by atoms with van der Waals surface area (Å²) in [4.78, 5) is 0. The van der Waals surface area contributed by atoms with E-state index < -0.39 is 0 Å². The third-order valence-electron chi connectivity index (χ3n) is 0.689. The van der Waals surface area contributed by atoms with Crippen molar-refractivity contribution in [2.24, 2.45) is 0 Å². The molecule has 1 aromatic heterocycles. The summed E-state index contributed by atoms with van der Waals surface area (Å²) in [5.74, 6) is 0. The molecule has 42 valence electrons. The molecule has 2 nitrogen and oxygen atoms in total. The van der Waals surface area contributed by atoms with Crippen molar-refractivity contribution < 1.29 is 4.09 Å². The van der Waals surface area contributed by atoms with Crippen molar-refractivity contribution >= 4 is 25.0 Å². The fraction of sp³-hybridized carbons (Fsp3) is 0. The Balaban J connectivity index is 3.28. The minimum Gasteiger partial charge on any atom is -0.396 e. The van der Waals surface area contributed by atoms with Crippen LogP contribution in [0.1, 0.15) is 0 Å². The van der Waals surface area contributed by atoms with Crippen LogP contribution in [0.25, 0.3) is 0 Å². The van der Waals surface area contributed by atoms with E-state index in [1.807, 2.05) is 0 Å². The molecule has 1 aromatic rings. The minimum absolute atomic E-state index is 0.655. The summed E-state index contributed by atoms with van der Waals surface area (Å²) < 4.78 is 2.05. The maximum atomic E-state index is 4.76. The molecular formula is C4H4N2S2. The maximum Gasteiger partial charge on any atom is 0.176 e. The number of rotatable bonds is 0. The Hall–Kier alpha value is -0.480. The molecule has 8 heavy (non-hydrogen) atoms. The number of hydrogen-bond donors (Lipinski definition) is 1. The summed E-state index contributed by atoms with van der Waals surface area (Å²) >= 11 is 9.45. The van der Waals surface area contributed by atoms with Crippen LogP contribution in [0.2, 0.25) is 0 Å². The van der Waals surface area contributed by atoms with Crippen LogP contribution in [-0.2, 0) is 12.8 Å². The Morgan fingerprint density at radius 1 is 1.75 bits per heavy atom. The number of hydrogen-bond acceptors (Lipinski definition) is 2. The Morgan fingerprint density at radius 3 is 2.88 bits per heavy atom. The van der Waals surface area contributed by atoms with Gasteiger partial charge in [-0.2, -0.15) is 5.10 Å². The Morgan fingerprint density at radius 2 is 2.50 bits per heavy atom. The van der Waals surface area contributed by atoms with Gasteiger partial charge in [0.2, 0.25) is 0 Å². The fourth-order valence-corrected chi connectivity index (χ4v) is 0.795. The van der Waals surface area contributed by atoms with Gasteiger partial charge in [-0.1, -0.05) is 12.2 Å². The lowest BCUT2D eigenvalue weighted by Gasteiger charge is -1.90. The van der Waals surface area contributed by atoms with Crippen molar-refractivity contribution in [1.82, 2.24) is 5.10 Å². The van der Waals surface area contributed by atoms with E-state index in [2.05, 4.69) is 5.10 Å². The minimum atomic E-state index is 0.655. The van der Waals surface area contributed by atoms with E-state index in [-0.39, 0.29) is 0 Å². The zero-order valence-electron chi connectivity index (χ0n) is 4.00. The Kier molecular flexibility index (Phi) is 1.55. The van der Waals surface area contributed by atoms with Crippen molar-refractivity contribution in [2.75, 3.05) is 0 Å². The summed E-state index contributed by atoms with van der Waals surface area (Å²) in [7, 11) is 0. The molecule has 0 aliphatic carbocycles. The van der Waals surface area contributed by atoms with Crippen LogP contribution in [0, 0.1) is 4.64 Å². The van der Waals surface area contributed by atoms with Crippen molar-refractivity contribution in [3.63, 3.8) is 0 Å². The summed E-state index contributed by atoms with van der Waals surface area (Å²) in [6, 6.07) is 3.57. The lowest BCUT2D eigenvalue weighted by atomic mass is 10.6. The molecule has 0 bridgehead atoms. The van der Waals surface area contributed by atoms with Crippen LogP contribution in [0.3, 0.4) is 0 Å². The van der Waals surface area contributed by atoms with Crippen molar-refractivity contribution in [2.45, 2.75) is 0 Å². The second-order valence-corrected chi connectivity index (χ2v) is 2.14. The highest BCUT2D eigenvalue weighted by Crippen LogP contribution is 1.75. The van der Waals surface area contributed by atoms with E-state index in [1.54, 1.807) is 18.3 Å². The lowest BCUT2D eigenvalue weighted by molar-refractivity contribution is -0.564. The second-order valence-electron chi connectivity index (χ2n) is 1.31. The molecule has 1 heterocycles. The second kappa shape index (κ2) is 2.19. The molecule has 0 aromatic carbocycles. The molecule has 0 aliphatic heterocycles. The predicted octanol–water partition coefficient (Wildman–Crippen LogP) is 0.342. The van der Waals surface area contributed by atoms with Gasteiger partial charge >= 0.3 is 0 Å². The Labute approximate surface area is 57.7 Å². The van der Waals surface area contributed by atoms with Gasteiger partial charge in [-0.15, -0.1) is 0 Å². The summed E-state index contributed by atoms with van der Waals surface area (Å²) in [5, 5.41) is 2.72. The first-order valence-corrected chi connectivity index (χ1v) is 2.85. The summed E-state index contributed by atoms with van der Waals surface area (Å²) in [6.45, 7) is 0. The lowest BCUT2D eigenvalue weighted by Crippen LogP contribution is -2.29. The smallest absolute Gasteiger partial charge is 0.176 e. The van der Waals surface area contributed by atoms with Crippen molar-refractivity contribution in [1.29, 1.82) is 0 Å². The molecular weight excluding hydrogens is 140 g/mol. The topological polar surface area (TPSA) is 19.7 Å². The molecule has 0 aliphatic rings. The maximum absolute atomic E-state index is 4.76. The van der Waals surface area contributed by atoms with Crippen LogP contribution in [0.15, 0.2) is 18.3 Å². The van der Waals surface area contributed by atoms with E-state index in [4.69, 9.17) is 25.0 Å². The van der Waals surface area contributed by atoms with Crippen LogP contribution >= 0.6 is 12.2 Å². The molecule has 0 atom stereocenters. The third kappa shape index (κ3) is 1.24. The van der Waals surface area contributed by atoms with Crippen LogP contribution in [0.5, 0.6) is 0 Å². The highest BCUT2D eigenvalue weighted by atomic mass is 32.1. The highest BCUT2D eigenvalue weighted by Gasteiger charge is 1.77. The quantitative estimate of drug-likeness (QED) is 0.322. The van der Waals surface area contributed by atoms with Gasteiger partial charge in [-0.3, -0.25) is 0 Å². The fourth-order valence-electron chi connectivity index (χ4n) is 0.392. The molecule has 0 spiro atoms. The molecule has 0 amide bonds. The van der Waals surface area contributed by atoms with Crippen molar-refractivity contribution in [3.05, 3.63) is 23.0 Å². The van der Waals surface area contributed by atoms with Gasteiger partial charge < -0.3 is 12.8 Å². The van der Waals surface area contributed by atoms with Crippen molar-refractivity contribution in [3.8, 4) is 0 Å². The molecule has 0 unspecified atom stereocenters. The molecule has 1 N–H and O–H groups in total. The average Bonchev–Trinajstić information content (AvgIpc) is 1.64. The number of nitrogens with zero attached hydrogens (tertiary/aromatic N) is 1. The first kappa shape index (κ1) is 5.65.